The van der Waals surface area contributed by atoms with Gasteiger partial charge in [-0.1, -0.05) is 19.3 Å². The van der Waals surface area contributed by atoms with Crippen molar-refractivity contribution in [3.05, 3.63) is 0 Å². The topological polar surface area (TPSA) is 71.7 Å². The van der Waals surface area contributed by atoms with E-state index in [1.807, 2.05) is 0 Å². The predicted octanol–water partition coefficient (Wildman–Crippen LogP) is 1.30. The number of hydrogen-bond donors (Lipinski definition) is 3. The average Bonchev–Trinajstić information content (AvgIpc) is 2.86. The third-order valence-electron chi connectivity index (χ3n) is 4.10. The Morgan fingerprint density at radius 1 is 1.11 bits per heavy atom. The van der Waals surface area contributed by atoms with E-state index in [2.05, 4.69) is 15.7 Å². The van der Waals surface area contributed by atoms with Crippen molar-refractivity contribution in [3.63, 3.8) is 0 Å². The summed E-state index contributed by atoms with van der Waals surface area (Å²) >= 11 is 0. The molecule has 2 aliphatic carbocycles. The molecule has 2 saturated carbocycles. The standard InChI is InChI=1S/C13H26N4O/c1-18-12-9-5-8-11(12)16-13(17-14)15-10-6-3-2-4-7-10/h10-12H,2-9,14H2,1H3,(H2,15,16,17). The van der Waals surface area contributed by atoms with E-state index < -0.39 is 0 Å². The van der Waals surface area contributed by atoms with Crippen LogP contribution in [0.15, 0.2) is 4.99 Å². The molecule has 5 heteroatoms. The number of nitrogens with two attached hydrogens (primary N) is 1. The van der Waals surface area contributed by atoms with Crippen LogP contribution in [0.4, 0.5) is 0 Å². The molecule has 2 atom stereocenters. The van der Waals surface area contributed by atoms with E-state index in [0.29, 0.717) is 6.04 Å². The largest absolute Gasteiger partial charge is 0.379 e. The number of methoxy groups -OCH3 is 1. The summed E-state index contributed by atoms with van der Waals surface area (Å²) in [5, 5.41) is 3.44. The molecule has 0 aromatic rings. The SMILES string of the molecule is COC1CCCC1N=C(NN)NC1CCCCC1. The quantitative estimate of drug-likeness (QED) is 0.307. The number of rotatable bonds is 3. The van der Waals surface area contributed by atoms with Gasteiger partial charge < -0.3 is 10.1 Å². The molecule has 0 spiro atoms. The monoisotopic (exact) mass is 254 g/mol. The van der Waals surface area contributed by atoms with Crippen molar-refractivity contribution in [2.45, 2.75) is 69.6 Å². The van der Waals surface area contributed by atoms with Gasteiger partial charge in [-0.15, -0.1) is 0 Å². The molecule has 2 fully saturated rings. The van der Waals surface area contributed by atoms with E-state index in [0.717, 1.165) is 18.8 Å². The summed E-state index contributed by atoms with van der Waals surface area (Å²) in [6.07, 6.45) is 10.0. The van der Waals surface area contributed by atoms with Crippen LogP contribution in [0.5, 0.6) is 0 Å². The molecule has 0 radical (unpaired) electrons. The second kappa shape index (κ2) is 6.95. The zero-order valence-corrected chi connectivity index (χ0v) is 11.3. The van der Waals surface area contributed by atoms with Gasteiger partial charge in [0.15, 0.2) is 0 Å². The van der Waals surface area contributed by atoms with E-state index in [1.54, 1.807) is 7.11 Å². The van der Waals surface area contributed by atoms with Crippen molar-refractivity contribution in [1.29, 1.82) is 0 Å². The first-order valence-corrected chi connectivity index (χ1v) is 7.17. The summed E-state index contributed by atoms with van der Waals surface area (Å²) in [5.41, 5.74) is 2.70. The first-order valence-electron chi connectivity index (χ1n) is 7.17. The lowest BCUT2D eigenvalue weighted by atomic mass is 9.96. The van der Waals surface area contributed by atoms with Crippen molar-refractivity contribution in [1.82, 2.24) is 10.7 Å². The van der Waals surface area contributed by atoms with Gasteiger partial charge in [0, 0.05) is 13.2 Å². The summed E-state index contributed by atoms with van der Waals surface area (Å²) in [4.78, 5) is 4.68. The van der Waals surface area contributed by atoms with E-state index in [9.17, 15) is 0 Å². The highest BCUT2D eigenvalue weighted by Gasteiger charge is 2.27. The maximum absolute atomic E-state index is 5.57. The summed E-state index contributed by atoms with van der Waals surface area (Å²) in [7, 11) is 1.77. The lowest BCUT2D eigenvalue weighted by molar-refractivity contribution is 0.0964. The maximum Gasteiger partial charge on any atom is 0.206 e. The lowest BCUT2D eigenvalue weighted by Gasteiger charge is -2.25. The molecule has 0 aromatic heterocycles. The van der Waals surface area contributed by atoms with Crippen LogP contribution in [0.2, 0.25) is 0 Å². The molecule has 2 unspecified atom stereocenters. The number of hydrazine groups is 1. The fourth-order valence-electron chi connectivity index (χ4n) is 3.05. The maximum atomic E-state index is 5.57. The minimum Gasteiger partial charge on any atom is -0.379 e. The summed E-state index contributed by atoms with van der Waals surface area (Å²) < 4.78 is 5.46. The Balaban J connectivity index is 1.90. The number of ether oxygens (including phenoxy) is 1. The van der Waals surface area contributed by atoms with Crippen molar-refractivity contribution in [2.75, 3.05) is 7.11 Å². The van der Waals surface area contributed by atoms with E-state index in [4.69, 9.17) is 10.6 Å². The van der Waals surface area contributed by atoms with Crippen LogP contribution in [0, 0.1) is 0 Å². The molecule has 0 saturated heterocycles. The Hall–Kier alpha value is -0.810. The van der Waals surface area contributed by atoms with Gasteiger partial charge >= 0.3 is 0 Å². The van der Waals surface area contributed by atoms with Gasteiger partial charge in [-0.2, -0.15) is 0 Å². The van der Waals surface area contributed by atoms with Crippen LogP contribution < -0.4 is 16.6 Å². The molecule has 0 amide bonds. The molecule has 2 aliphatic rings. The van der Waals surface area contributed by atoms with Crippen molar-refractivity contribution >= 4 is 5.96 Å². The smallest absolute Gasteiger partial charge is 0.206 e. The first kappa shape index (κ1) is 13.6. The van der Waals surface area contributed by atoms with E-state index in [1.165, 1.54) is 38.5 Å². The lowest BCUT2D eigenvalue weighted by Crippen LogP contribution is -2.48. The number of hydrogen-bond acceptors (Lipinski definition) is 3. The second-order valence-electron chi connectivity index (χ2n) is 5.37. The fourth-order valence-corrected chi connectivity index (χ4v) is 3.05. The summed E-state index contributed by atoms with van der Waals surface area (Å²) in [5.74, 6) is 6.30. The summed E-state index contributed by atoms with van der Waals surface area (Å²) in [6, 6.07) is 0.771. The Morgan fingerprint density at radius 3 is 2.56 bits per heavy atom. The molecule has 0 aromatic carbocycles. The van der Waals surface area contributed by atoms with Gasteiger partial charge in [-0.05, 0) is 32.1 Å². The van der Waals surface area contributed by atoms with Gasteiger partial charge in [0.2, 0.25) is 5.96 Å². The molecule has 2 rings (SSSR count). The zero-order valence-electron chi connectivity index (χ0n) is 11.3. The molecular formula is C13H26N4O. The number of nitrogens with one attached hydrogen (secondary N) is 2. The normalized spacial score (nSPS) is 30.4. The highest BCUT2D eigenvalue weighted by molar-refractivity contribution is 5.79. The number of nitrogens with zero attached hydrogens (tertiary/aromatic N) is 1. The molecule has 104 valence electrons. The van der Waals surface area contributed by atoms with Crippen molar-refractivity contribution in [3.8, 4) is 0 Å². The third kappa shape index (κ3) is 3.59. The second-order valence-corrected chi connectivity index (χ2v) is 5.37. The molecule has 0 aliphatic heterocycles. The highest BCUT2D eigenvalue weighted by Crippen LogP contribution is 2.24. The molecule has 0 heterocycles. The Kier molecular flexibility index (Phi) is 5.26. The van der Waals surface area contributed by atoms with Crippen LogP contribution in [0.1, 0.15) is 51.4 Å². The van der Waals surface area contributed by atoms with Gasteiger partial charge in [0.25, 0.3) is 0 Å². The Bertz CT molecular complexity index is 276. The fraction of sp³-hybridized carbons (Fsp3) is 0.923. The van der Waals surface area contributed by atoms with Crippen LogP contribution in [0.25, 0.3) is 0 Å². The summed E-state index contributed by atoms with van der Waals surface area (Å²) in [6.45, 7) is 0. The molecular weight excluding hydrogens is 228 g/mol. The van der Waals surface area contributed by atoms with Crippen LogP contribution in [0.3, 0.4) is 0 Å². The molecule has 5 nitrogen and oxygen atoms in total. The molecule has 18 heavy (non-hydrogen) atoms. The number of aliphatic imine (C=N–C) groups is 1. The third-order valence-corrected chi connectivity index (χ3v) is 4.10. The minimum atomic E-state index is 0.247. The average molecular weight is 254 g/mol. The van der Waals surface area contributed by atoms with Gasteiger partial charge in [0.1, 0.15) is 0 Å². The Labute approximate surface area is 110 Å². The minimum absolute atomic E-state index is 0.247. The van der Waals surface area contributed by atoms with Crippen LogP contribution in [-0.2, 0) is 4.74 Å². The van der Waals surface area contributed by atoms with Gasteiger partial charge in [-0.25, -0.2) is 10.8 Å². The number of guanidine groups is 1. The molecule has 0 bridgehead atoms. The van der Waals surface area contributed by atoms with Gasteiger partial charge in [-0.3, -0.25) is 5.43 Å². The predicted molar refractivity (Wildman–Crippen MR) is 73.2 cm³/mol. The Morgan fingerprint density at radius 2 is 1.89 bits per heavy atom. The van der Waals surface area contributed by atoms with Crippen molar-refractivity contribution < 1.29 is 4.74 Å². The highest BCUT2D eigenvalue weighted by atomic mass is 16.5. The zero-order chi connectivity index (χ0) is 12.8. The van der Waals surface area contributed by atoms with Crippen LogP contribution in [-0.4, -0.2) is 31.3 Å². The van der Waals surface area contributed by atoms with E-state index >= 15 is 0 Å². The van der Waals surface area contributed by atoms with Crippen molar-refractivity contribution in [2.24, 2.45) is 10.8 Å². The molecule has 4 N–H and O–H groups in total. The van der Waals surface area contributed by atoms with Crippen LogP contribution >= 0.6 is 0 Å². The van der Waals surface area contributed by atoms with Gasteiger partial charge in [0.05, 0.1) is 12.1 Å². The van der Waals surface area contributed by atoms with E-state index in [-0.39, 0.29) is 12.1 Å². The first-order chi connectivity index (χ1) is 8.83.